The average Bonchev–Trinajstić information content (AvgIpc) is 2.85. The Labute approximate surface area is 171 Å². The van der Waals surface area contributed by atoms with E-state index < -0.39 is 18.7 Å². The van der Waals surface area contributed by atoms with Crippen molar-refractivity contribution >= 4 is 34.3 Å². The van der Waals surface area contributed by atoms with Crippen LogP contribution < -0.4 is 0 Å². The highest BCUT2D eigenvalue weighted by molar-refractivity contribution is 14.1. The lowest BCUT2D eigenvalue weighted by atomic mass is 9.95. The summed E-state index contributed by atoms with van der Waals surface area (Å²) in [5, 5.41) is 0. The number of unbranched alkanes of at least 4 members (excludes halogenated alkanes) is 1. The number of allylic oxidation sites excluding steroid dienone is 5. The molecule has 2 atom stereocenters. The number of rotatable bonds is 4. The summed E-state index contributed by atoms with van der Waals surface area (Å²) in [6, 6.07) is 0. The van der Waals surface area contributed by atoms with E-state index in [1.165, 1.54) is 0 Å². The van der Waals surface area contributed by atoms with E-state index in [-0.39, 0.29) is 24.1 Å². The number of alkyl halides is 3. The van der Waals surface area contributed by atoms with Gasteiger partial charge in [0.15, 0.2) is 5.78 Å². The van der Waals surface area contributed by atoms with Gasteiger partial charge in [0.2, 0.25) is 0 Å². The minimum absolute atomic E-state index is 0.00831. The van der Waals surface area contributed by atoms with Crippen molar-refractivity contribution in [2.45, 2.75) is 70.1 Å². The normalized spacial score (nSPS) is 28.0. The molecule has 0 N–H and O–H groups in total. The molecule has 0 amide bonds. The van der Waals surface area contributed by atoms with Gasteiger partial charge >= 0.3 is 12.1 Å². The lowest BCUT2D eigenvalue weighted by molar-refractivity contribution is -0.150. The van der Waals surface area contributed by atoms with Crippen molar-refractivity contribution in [3.8, 4) is 0 Å². The van der Waals surface area contributed by atoms with Gasteiger partial charge in [-0.15, -0.1) is 0 Å². The minimum Gasteiger partial charge on any atom is -0.462 e. The molecular formula is C20H24F3IO3. The van der Waals surface area contributed by atoms with Gasteiger partial charge in [0, 0.05) is 30.8 Å². The van der Waals surface area contributed by atoms with Gasteiger partial charge in [0.05, 0.1) is 3.58 Å². The Kier molecular flexibility index (Phi) is 8.57. The Bertz CT molecular complexity index is 635. The van der Waals surface area contributed by atoms with Gasteiger partial charge in [-0.25, -0.2) is 0 Å². The molecule has 0 aromatic rings. The molecule has 0 bridgehead atoms. The zero-order chi connectivity index (χ0) is 19.9. The molecule has 0 aromatic heterocycles. The number of carbonyl (C=O) groups excluding carboxylic acids is 2. The first-order valence-electron chi connectivity index (χ1n) is 9.29. The first-order valence-corrected chi connectivity index (χ1v) is 10.4. The van der Waals surface area contributed by atoms with Crippen molar-refractivity contribution in [2.75, 3.05) is 0 Å². The van der Waals surface area contributed by atoms with Crippen LogP contribution in [0.15, 0.2) is 33.5 Å². The topological polar surface area (TPSA) is 43.4 Å². The predicted octanol–water partition coefficient (Wildman–Crippen LogP) is 5.99. The lowest BCUT2D eigenvalue weighted by Gasteiger charge is -2.17. The predicted molar refractivity (Wildman–Crippen MR) is 105 cm³/mol. The molecule has 0 spiro atoms. The quantitative estimate of drug-likeness (QED) is 0.208. The summed E-state index contributed by atoms with van der Waals surface area (Å²) in [6.45, 7) is 0. The van der Waals surface area contributed by atoms with Gasteiger partial charge in [-0.3, -0.25) is 9.59 Å². The number of carbonyl (C=O) groups is 2. The first-order chi connectivity index (χ1) is 12.8. The second kappa shape index (κ2) is 10.4. The largest absolute Gasteiger partial charge is 0.462 e. The Morgan fingerprint density at radius 2 is 1.93 bits per heavy atom. The molecule has 1 aliphatic carbocycles. The summed E-state index contributed by atoms with van der Waals surface area (Å²) in [5.74, 6) is -0.321. The molecule has 0 aromatic carbocycles. The van der Waals surface area contributed by atoms with Crippen LogP contribution in [0.5, 0.6) is 0 Å². The van der Waals surface area contributed by atoms with Crippen LogP contribution in [0.2, 0.25) is 0 Å². The summed E-state index contributed by atoms with van der Waals surface area (Å²) in [7, 11) is 0. The van der Waals surface area contributed by atoms with E-state index in [4.69, 9.17) is 4.74 Å². The third-order valence-corrected chi connectivity index (χ3v) is 5.52. The van der Waals surface area contributed by atoms with Crippen molar-refractivity contribution in [1.29, 1.82) is 0 Å². The van der Waals surface area contributed by atoms with Crippen LogP contribution in [0, 0.1) is 5.92 Å². The number of hydrogen-bond donors (Lipinski definition) is 0. The number of fused-ring (bicyclic) bond motifs is 1. The molecule has 27 heavy (non-hydrogen) atoms. The summed E-state index contributed by atoms with van der Waals surface area (Å²) in [4.78, 5) is 24.4. The molecule has 1 heterocycles. The van der Waals surface area contributed by atoms with Crippen LogP contribution in [0.25, 0.3) is 0 Å². The summed E-state index contributed by atoms with van der Waals surface area (Å²) < 4.78 is 43.1. The molecule has 2 aliphatic rings. The molecular weight excluding hydrogens is 472 g/mol. The number of halogens is 4. The maximum Gasteiger partial charge on any atom is 0.389 e. The molecule has 0 fully saturated rings. The first kappa shape index (κ1) is 22.2. The van der Waals surface area contributed by atoms with Gasteiger partial charge in [-0.1, -0.05) is 24.3 Å². The van der Waals surface area contributed by atoms with Crippen LogP contribution >= 0.6 is 22.6 Å². The molecule has 0 saturated carbocycles. The van der Waals surface area contributed by atoms with E-state index in [1.54, 1.807) is 0 Å². The number of ketones is 1. The van der Waals surface area contributed by atoms with Crippen molar-refractivity contribution in [2.24, 2.45) is 5.92 Å². The molecule has 2 rings (SSSR count). The van der Waals surface area contributed by atoms with Gasteiger partial charge in [0.1, 0.15) is 6.10 Å². The highest BCUT2D eigenvalue weighted by Crippen LogP contribution is 2.34. The monoisotopic (exact) mass is 496 g/mol. The molecule has 3 nitrogen and oxygen atoms in total. The molecule has 0 saturated heterocycles. The Morgan fingerprint density at radius 1 is 1.15 bits per heavy atom. The zero-order valence-electron chi connectivity index (χ0n) is 15.1. The van der Waals surface area contributed by atoms with Gasteiger partial charge < -0.3 is 4.74 Å². The Balaban J connectivity index is 2.05. The Hall–Kier alpha value is -1.12. The molecule has 150 valence electrons. The highest BCUT2D eigenvalue weighted by atomic mass is 127. The molecule has 7 heteroatoms. The maximum absolute atomic E-state index is 12.4. The van der Waals surface area contributed by atoms with Crippen LogP contribution in [0.4, 0.5) is 13.2 Å². The van der Waals surface area contributed by atoms with Gasteiger partial charge in [0.25, 0.3) is 0 Å². The summed E-state index contributed by atoms with van der Waals surface area (Å²) in [6.07, 6.45) is 5.85. The van der Waals surface area contributed by atoms with Crippen molar-refractivity contribution in [1.82, 2.24) is 0 Å². The SMILES string of the molecule is O=C1CCC/C=C\C[C@H]2C=C(I)C(=O)/C2=C/C[C@H](CCCCC(F)(F)F)O1. The van der Waals surface area contributed by atoms with E-state index in [0.717, 1.165) is 12.8 Å². The maximum atomic E-state index is 12.4. The molecule has 0 unspecified atom stereocenters. The smallest absolute Gasteiger partial charge is 0.389 e. The Morgan fingerprint density at radius 3 is 2.67 bits per heavy atom. The van der Waals surface area contributed by atoms with E-state index in [1.807, 2.05) is 46.9 Å². The zero-order valence-corrected chi connectivity index (χ0v) is 17.2. The second-order valence-corrected chi connectivity index (χ2v) is 8.08. The van der Waals surface area contributed by atoms with Crippen molar-refractivity contribution in [3.63, 3.8) is 0 Å². The summed E-state index contributed by atoms with van der Waals surface area (Å²) in [5.41, 5.74) is 0.694. The third kappa shape index (κ3) is 7.79. The van der Waals surface area contributed by atoms with Gasteiger partial charge in [-0.2, -0.15) is 13.2 Å². The lowest BCUT2D eigenvalue weighted by Crippen LogP contribution is -2.18. The van der Waals surface area contributed by atoms with E-state index in [9.17, 15) is 22.8 Å². The van der Waals surface area contributed by atoms with E-state index in [2.05, 4.69) is 0 Å². The highest BCUT2D eigenvalue weighted by Gasteiger charge is 2.29. The average molecular weight is 496 g/mol. The second-order valence-electron chi connectivity index (χ2n) is 6.92. The van der Waals surface area contributed by atoms with Crippen molar-refractivity contribution in [3.05, 3.63) is 33.5 Å². The van der Waals surface area contributed by atoms with E-state index in [0.29, 0.717) is 41.3 Å². The fourth-order valence-electron chi connectivity index (χ4n) is 3.24. The van der Waals surface area contributed by atoms with Crippen LogP contribution in [-0.4, -0.2) is 24.0 Å². The molecule has 0 radical (unpaired) electrons. The number of ether oxygens (including phenoxy) is 1. The van der Waals surface area contributed by atoms with Crippen LogP contribution in [0.3, 0.4) is 0 Å². The van der Waals surface area contributed by atoms with Gasteiger partial charge in [-0.05, 0) is 61.1 Å². The molecule has 1 aliphatic heterocycles. The van der Waals surface area contributed by atoms with Crippen LogP contribution in [0.1, 0.15) is 57.8 Å². The van der Waals surface area contributed by atoms with Crippen molar-refractivity contribution < 1.29 is 27.5 Å². The van der Waals surface area contributed by atoms with E-state index >= 15 is 0 Å². The number of esters is 1. The van der Waals surface area contributed by atoms with Crippen LogP contribution in [-0.2, 0) is 14.3 Å². The fourth-order valence-corrected chi connectivity index (χ4v) is 3.98. The minimum atomic E-state index is -4.16. The number of hydrogen-bond acceptors (Lipinski definition) is 3. The standard InChI is InChI=1S/C20H24F3IO3/c21-20(22,23)12-6-5-8-15-10-11-16-14(13-17(24)19(16)26)7-3-1-2-4-9-18(25)27-15/h1,3,11,13-15H,2,4-10,12H2/b3-1-,16-11+/t14-,15-/m0/s1. The number of cyclic esters (lactones) is 1. The third-order valence-electron chi connectivity index (χ3n) is 4.67. The summed E-state index contributed by atoms with van der Waals surface area (Å²) >= 11 is 2.03. The number of Topliss-reactive ketones (excluding diaryl/α,β-unsaturated/α-hetero) is 1. The fraction of sp³-hybridized carbons (Fsp3) is 0.600.